The van der Waals surface area contributed by atoms with Gasteiger partial charge in [-0.3, -0.25) is 4.79 Å². The van der Waals surface area contributed by atoms with E-state index in [0.29, 0.717) is 0 Å². The van der Waals surface area contributed by atoms with Crippen LogP contribution in [0.15, 0.2) is 18.2 Å². The second kappa shape index (κ2) is 6.56. The maximum absolute atomic E-state index is 13.4. The largest absolute Gasteiger partial charge is 0.484 e. The van der Waals surface area contributed by atoms with Gasteiger partial charge in [0.15, 0.2) is 6.61 Å². The van der Waals surface area contributed by atoms with E-state index in [0.717, 1.165) is 6.07 Å². The van der Waals surface area contributed by atoms with Crippen LogP contribution in [0.5, 0.6) is 5.75 Å². The summed E-state index contributed by atoms with van der Waals surface area (Å²) < 4.78 is 53.8. The van der Waals surface area contributed by atoms with Crippen molar-refractivity contribution in [3.8, 4) is 5.75 Å². The minimum absolute atomic E-state index is 0.0194. The highest BCUT2D eigenvalue weighted by molar-refractivity contribution is 5.77. The van der Waals surface area contributed by atoms with Crippen molar-refractivity contribution < 1.29 is 32.2 Å². The van der Waals surface area contributed by atoms with Gasteiger partial charge < -0.3 is 15.2 Å². The molecule has 0 radical (unpaired) electrons. The highest BCUT2D eigenvalue weighted by Crippen LogP contribution is 2.21. The third-order valence-electron chi connectivity index (χ3n) is 2.28. The predicted octanol–water partition coefficient (Wildman–Crippen LogP) is 1.94. The Balaban J connectivity index is 2.50. The number of carbonyl (C=O) groups excluding carboxylic acids is 1. The van der Waals surface area contributed by atoms with Gasteiger partial charge in [0.2, 0.25) is 0 Å². The predicted molar refractivity (Wildman–Crippen MR) is 61.6 cm³/mol. The van der Waals surface area contributed by atoms with Crippen molar-refractivity contribution >= 4 is 5.91 Å². The molecule has 4 nitrogen and oxygen atoms in total. The molecule has 0 spiro atoms. The van der Waals surface area contributed by atoms with Crippen LogP contribution in [0.1, 0.15) is 18.6 Å². The Morgan fingerprint density at radius 2 is 2.10 bits per heavy atom. The quantitative estimate of drug-likeness (QED) is 0.816. The van der Waals surface area contributed by atoms with Crippen molar-refractivity contribution in [3.05, 3.63) is 29.6 Å². The van der Waals surface area contributed by atoms with Crippen molar-refractivity contribution in [1.82, 2.24) is 5.32 Å². The summed E-state index contributed by atoms with van der Waals surface area (Å²) in [6, 6.07) is 3.52. The van der Waals surface area contributed by atoms with Gasteiger partial charge in [-0.05, 0) is 19.1 Å². The minimum Gasteiger partial charge on any atom is -0.484 e. The van der Waals surface area contributed by atoms with Gasteiger partial charge in [-0.1, -0.05) is 0 Å². The Morgan fingerprint density at radius 1 is 1.45 bits per heavy atom. The fourth-order valence-corrected chi connectivity index (χ4v) is 1.34. The number of carbonyl (C=O) groups is 1. The van der Waals surface area contributed by atoms with Crippen molar-refractivity contribution in [2.75, 3.05) is 13.2 Å². The zero-order valence-electron chi connectivity index (χ0n) is 10.5. The van der Waals surface area contributed by atoms with Gasteiger partial charge in [0.25, 0.3) is 5.91 Å². The lowest BCUT2D eigenvalue weighted by Gasteiger charge is -2.11. The molecule has 0 aliphatic heterocycles. The number of ether oxygens (including phenoxy) is 1. The van der Waals surface area contributed by atoms with E-state index in [1.165, 1.54) is 19.1 Å². The summed E-state index contributed by atoms with van der Waals surface area (Å²) in [6.07, 6.45) is -5.50. The Labute approximate surface area is 112 Å². The van der Waals surface area contributed by atoms with Gasteiger partial charge in [-0.25, -0.2) is 4.39 Å². The summed E-state index contributed by atoms with van der Waals surface area (Å²) in [6.45, 7) is -0.739. The molecule has 1 amide bonds. The molecule has 0 aliphatic carbocycles. The molecular weight excluding hydrogens is 282 g/mol. The van der Waals surface area contributed by atoms with E-state index in [2.05, 4.69) is 0 Å². The van der Waals surface area contributed by atoms with E-state index >= 15 is 0 Å². The Bertz CT molecular complexity index is 474. The van der Waals surface area contributed by atoms with E-state index in [-0.39, 0.29) is 11.3 Å². The molecular formula is C12H13F4NO3. The number of benzene rings is 1. The summed E-state index contributed by atoms with van der Waals surface area (Å²) in [7, 11) is 0. The standard InChI is InChI=1S/C12H13F4NO3/c1-7(18)9-3-2-8(4-10(9)13)20-5-11(19)17-6-12(14,15)16/h2-4,7,18H,5-6H2,1H3,(H,17,19)/t7-/m1/s1. The average Bonchev–Trinajstić information content (AvgIpc) is 2.32. The van der Waals surface area contributed by atoms with Gasteiger partial charge >= 0.3 is 6.18 Å². The normalized spacial score (nSPS) is 12.9. The van der Waals surface area contributed by atoms with Crippen LogP contribution in [-0.4, -0.2) is 30.3 Å². The number of halogens is 4. The molecule has 0 aromatic heterocycles. The van der Waals surface area contributed by atoms with E-state index in [1.807, 2.05) is 0 Å². The lowest BCUT2D eigenvalue weighted by atomic mass is 10.1. The summed E-state index contributed by atoms with van der Waals surface area (Å²) in [4.78, 5) is 11.1. The van der Waals surface area contributed by atoms with E-state index in [1.54, 1.807) is 5.32 Å². The molecule has 0 heterocycles. The van der Waals surface area contributed by atoms with E-state index in [9.17, 15) is 27.5 Å². The molecule has 1 aromatic rings. The number of aliphatic hydroxyl groups excluding tert-OH is 1. The van der Waals surface area contributed by atoms with Crippen LogP contribution in [0, 0.1) is 5.82 Å². The lowest BCUT2D eigenvalue weighted by molar-refractivity contribution is -0.139. The topological polar surface area (TPSA) is 58.6 Å². The zero-order valence-corrected chi connectivity index (χ0v) is 10.5. The number of aliphatic hydroxyl groups is 1. The maximum Gasteiger partial charge on any atom is 0.405 e. The van der Waals surface area contributed by atoms with Crippen LogP contribution in [-0.2, 0) is 4.79 Å². The molecule has 20 heavy (non-hydrogen) atoms. The number of amides is 1. The third kappa shape index (κ3) is 5.43. The van der Waals surface area contributed by atoms with Crippen molar-refractivity contribution in [3.63, 3.8) is 0 Å². The first kappa shape index (κ1) is 16.2. The summed E-state index contributed by atoms with van der Waals surface area (Å²) in [5.74, 6) is -1.72. The zero-order chi connectivity index (χ0) is 15.3. The van der Waals surface area contributed by atoms with Gasteiger partial charge in [0.1, 0.15) is 18.1 Å². The summed E-state index contributed by atoms with van der Waals surface area (Å²) >= 11 is 0. The number of hydrogen-bond donors (Lipinski definition) is 2. The fourth-order valence-electron chi connectivity index (χ4n) is 1.34. The molecule has 1 atom stereocenters. The fraction of sp³-hybridized carbons (Fsp3) is 0.417. The van der Waals surface area contributed by atoms with Crippen molar-refractivity contribution in [2.45, 2.75) is 19.2 Å². The van der Waals surface area contributed by atoms with Crippen molar-refractivity contribution in [2.24, 2.45) is 0 Å². The molecule has 2 N–H and O–H groups in total. The molecule has 0 aliphatic rings. The lowest BCUT2D eigenvalue weighted by Crippen LogP contribution is -2.36. The molecule has 0 saturated heterocycles. The van der Waals surface area contributed by atoms with Crippen LogP contribution in [0.3, 0.4) is 0 Å². The first-order valence-electron chi connectivity index (χ1n) is 5.63. The minimum atomic E-state index is -4.50. The van der Waals surface area contributed by atoms with Crippen LogP contribution in [0.2, 0.25) is 0 Å². The molecule has 1 aromatic carbocycles. The Morgan fingerprint density at radius 3 is 2.60 bits per heavy atom. The van der Waals surface area contributed by atoms with Gasteiger partial charge in [-0.2, -0.15) is 13.2 Å². The summed E-state index contributed by atoms with van der Waals surface area (Å²) in [5, 5.41) is 10.8. The number of nitrogens with one attached hydrogen (secondary N) is 1. The van der Waals surface area contributed by atoms with E-state index in [4.69, 9.17) is 4.74 Å². The second-order valence-corrected chi connectivity index (χ2v) is 4.04. The van der Waals surface area contributed by atoms with Crippen molar-refractivity contribution in [1.29, 1.82) is 0 Å². The molecule has 0 saturated carbocycles. The smallest absolute Gasteiger partial charge is 0.405 e. The summed E-state index contributed by atoms with van der Waals surface area (Å²) in [5.41, 5.74) is 0.0545. The molecule has 0 bridgehead atoms. The SMILES string of the molecule is C[C@@H](O)c1ccc(OCC(=O)NCC(F)(F)F)cc1F. The van der Waals surface area contributed by atoms with Crippen LogP contribution >= 0.6 is 0 Å². The van der Waals surface area contributed by atoms with Gasteiger partial charge in [0.05, 0.1) is 6.10 Å². The molecule has 1 rings (SSSR count). The molecule has 8 heteroatoms. The average molecular weight is 295 g/mol. The maximum atomic E-state index is 13.4. The highest BCUT2D eigenvalue weighted by atomic mass is 19.4. The second-order valence-electron chi connectivity index (χ2n) is 4.04. The molecule has 0 unspecified atom stereocenters. The number of hydrogen-bond acceptors (Lipinski definition) is 3. The Hall–Kier alpha value is -1.83. The molecule has 112 valence electrons. The number of alkyl halides is 3. The third-order valence-corrected chi connectivity index (χ3v) is 2.28. The monoisotopic (exact) mass is 295 g/mol. The van der Waals surface area contributed by atoms with E-state index < -0.39 is 37.2 Å². The first-order chi connectivity index (χ1) is 9.19. The Kier molecular flexibility index (Phi) is 5.32. The molecule has 0 fully saturated rings. The highest BCUT2D eigenvalue weighted by Gasteiger charge is 2.27. The van der Waals surface area contributed by atoms with Gasteiger partial charge in [0, 0.05) is 11.6 Å². The van der Waals surface area contributed by atoms with Crippen LogP contribution < -0.4 is 10.1 Å². The number of rotatable bonds is 5. The van der Waals surface area contributed by atoms with Gasteiger partial charge in [-0.15, -0.1) is 0 Å². The first-order valence-corrected chi connectivity index (χ1v) is 5.63. The van der Waals surface area contributed by atoms with Crippen LogP contribution in [0.4, 0.5) is 17.6 Å². The van der Waals surface area contributed by atoms with Crippen LogP contribution in [0.25, 0.3) is 0 Å².